The number of hydrogen-bond donors (Lipinski definition) is 1. The number of nitrogens with zero attached hydrogens (tertiary/aromatic N) is 1. The van der Waals surface area contributed by atoms with E-state index in [9.17, 15) is 9.59 Å². The molecule has 0 bridgehead atoms. The quantitative estimate of drug-likeness (QED) is 0.815. The van der Waals surface area contributed by atoms with Crippen LogP contribution in [0.4, 0.5) is 4.79 Å². The van der Waals surface area contributed by atoms with Crippen molar-refractivity contribution in [3.63, 3.8) is 0 Å². The summed E-state index contributed by atoms with van der Waals surface area (Å²) < 4.78 is 5.21. The van der Waals surface area contributed by atoms with Gasteiger partial charge in [-0.1, -0.05) is 35.3 Å². The fourth-order valence-electron chi connectivity index (χ4n) is 2.98. The van der Waals surface area contributed by atoms with Crippen molar-refractivity contribution in [2.24, 2.45) is 0 Å². The molecule has 1 aromatic rings. The predicted octanol–water partition coefficient (Wildman–Crippen LogP) is 4.06. The van der Waals surface area contributed by atoms with Crippen molar-refractivity contribution in [1.29, 1.82) is 0 Å². The molecule has 0 spiro atoms. The second kappa shape index (κ2) is 6.65. The maximum atomic E-state index is 12.5. The number of hydrogen-bond acceptors (Lipinski definition) is 3. The van der Waals surface area contributed by atoms with Gasteiger partial charge in [0, 0.05) is 11.7 Å². The van der Waals surface area contributed by atoms with E-state index in [0.717, 1.165) is 12.8 Å². The van der Waals surface area contributed by atoms with E-state index in [0.29, 0.717) is 26.9 Å². The summed E-state index contributed by atoms with van der Waals surface area (Å²) in [4.78, 5) is 26.7. The van der Waals surface area contributed by atoms with Gasteiger partial charge in [0.1, 0.15) is 0 Å². The van der Waals surface area contributed by atoms with Crippen molar-refractivity contribution in [3.05, 3.63) is 45.1 Å². The number of amides is 2. The monoisotopic (exact) mass is 368 g/mol. The molecule has 1 heterocycles. The first kappa shape index (κ1) is 17.1. The fraction of sp³-hybridized carbons (Fsp3) is 0.412. The molecule has 0 saturated heterocycles. The Labute approximate surface area is 150 Å². The Morgan fingerprint density at radius 1 is 1.38 bits per heavy atom. The molecule has 7 heteroatoms. The van der Waals surface area contributed by atoms with Gasteiger partial charge in [-0.25, -0.2) is 9.59 Å². The number of rotatable bonds is 4. The lowest BCUT2D eigenvalue weighted by molar-refractivity contribution is -0.139. The van der Waals surface area contributed by atoms with E-state index >= 15 is 0 Å². The Morgan fingerprint density at radius 2 is 2.08 bits per heavy atom. The van der Waals surface area contributed by atoms with E-state index in [1.807, 2.05) is 0 Å². The highest BCUT2D eigenvalue weighted by molar-refractivity contribution is 6.42. The normalized spacial score (nSPS) is 20.9. The van der Waals surface area contributed by atoms with Gasteiger partial charge in [-0.05, 0) is 38.3 Å². The number of esters is 1. The average Bonchev–Trinajstić information content (AvgIpc) is 3.34. The van der Waals surface area contributed by atoms with Crippen molar-refractivity contribution in [2.45, 2.75) is 38.8 Å². The third-order valence-corrected chi connectivity index (χ3v) is 5.06. The molecule has 2 amide bonds. The first-order chi connectivity index (χ1) is 11.5. The van der Waals surface area contributed by atoms with Crippen LogP contribution in [-0.2, 0) is 9.53 Å². The topological polar surface area (TPSA) is 58.6 Å². The van der Waals surface area contributed by atoms with Crippen LogP contribution in [0.3, 0.4) is 0 Å². The van der Waals surface area contributed by atoms with E-state index in [1.54, 1.807) is 36.9 Å². The molecule has 0 unspecified atom stereocenters. The fourth-order valence-corrected chi connectivity index (χ4v) is 3.40. The zero-order chi connectivity index (χ0) is 17.4. The van der Waals surface area contributed by atoms with Gasteiger partial charge >= 0.3 is 12.0 Å². The van der Waals surface area contributed by atoms with Crippen molar-refractivity contribution in [1.82, 2.24) is 10.2 Å². The minimum Gasteiger partial charge on any atom is -0.463 e. The Kier molecular flexibility index (Phi) is 4.74. The summed E-state index contributed by atoms with van der Waals surface area (Å²) >= 11 is 12.4. The molecule has 1 fully saturated rings. The Morgan fingerprint density at radius 3 is 2.71 bits per heavy atom. The van der Waals surface area contributed by atoms with Crippen molar-refractivity contribution in [3.8, 4) is 0 Å². The molecule has 1 aliphatic heterocycles. The predicted molar refractivity (Wildman–Crippen MR) is 91.9 cm³/mol. The summed E-state index contributed by atoms with van der Waals surface area (Å²) in [6.07, 6.45) is 1.87. The summed E-state index contributed by atoms with van der Waals surface area (Å²) in [6.45, 7) is 3.77. The summed E-state index contributed by atoms with van der Waals surface area (Å²) in [5.74, 6) is -0.457. The maximum absolute atomic E-state index is 12.5. The molecule has 3 rings (SSSR count). The number of nitrogens with one attached hydrogen (secondary N) is 1. The molecule has 1 saturated carbocycles. The Hall–Kier alpha value is -1.72. The number of urea groups is 1. The molecule has 1 aromatic carbocycles. The minimum atomic E-state index is -0.683. The van der Waals surface area contributed by atoms with Crippen LogP contribution in [-0.4, -0.2) is 29.5 Å². The molecule has 24 heavy (non-hydrogen) atoms. The number of carbonyl (C=O) groups excluding carboxylic acids is 2. The molecular weight excluding hydrogens is 351 g/mol. The van der Waals surface area contributed by atoms with Gasteiger partial charge in [-0.3, -0.25) is 4.90 Å². The standard InChI is InChI=1S/C17H18Cl2N2O3/c1-3-24-16(22)13-9(2)21(10-7-8-10)17(23)20-15(13)11-5-4-6-12(18)14(11)19/h4-6,10,15H,3,7-8H2,1-2H3,(H,20,23)/t15-/m1/s1. The van der Waals surface area contributed by atoms with Crippen molar-refractivity contribution >= 4 is 35.2 Å². The van der Waals surface area contributed by atoms with Crippen molar-refractivity contribution < 1.29 is 14.3 Å². The van der Waals surface area contributed by atoms with Gasteiger partial charge in [0.25, 0.3) is 0 Å². The van der Waals surface area contributed by atoms with Gasteiger partial charge < -0.3 is 10.1 Å². The highest BCUT2D eigenvalue weighted by atomic mass is 35.5. The van der Waals surface area contributed by atoms with Crippen LogP contribution >= 0.6 is 23.2 Å². The summed E-state index contributed by atoms with van der Waals surface area (Å²) in [7, 11) is 0. The zero-order valence-corrected chi connectivity index (χ0v) is 14.9. The third-order valence-electron chi connectivity index (χ3n) is 4.23. The van der Waals surface area contributed by atoms with E-state index in [2.05, 4.69) is 5.32 Å². The van der Waals surface area contributed by atoms with Crippen LogP contribution in [0.15, 0.2) is 29.5 Å². The lowest BCUT2D eigenvalue weighted by Crippen LogP contribution is -2.49. The van der Waals surface area contributed by atoms with Crippen molar-refractivity contribution in [2.75, 3.05) is 6.61 Å². The second-order valence-electron chi connectivity index (χ2n) is 5.85. The van der Waals surface area contributed by atoms with Crippen LogP contribution < -0.4 is 5.32 Å². The molecule has 2 aliphatic rings. The first-order valence-electron chi connectivity index (χ1n) is 7.87. The summed E-state index contributed by atoms with van der Waals surface area (Å²) in [6, 6.07) is 4.38. The van der Waals surface area contributed by atoms with Gasteiger partial charge in [0.05, 0.1) is 28.3 Å². The zero-order valence-electron chi connectivity index (χ0n) is 13.4. The highest BCUT2D eigenvalue weighted by Gasteiger charge is 2.43. The van der Waals surface area contributed by atoms with Crippen LogP contribution in [0.25, 0.3) is 0 Å². The molecule has 1 N–H and O–H groups in total. The number of allylic oxidation sites excluding steroid dienone is 1. The summed E-state index contributed by atoms with van der Waals surface area (Å²) in [5.41, 5.74) is 1.59. The second-order valence-corrected chi connectivity index (χ2v) is 6.63. The Bertz CT molecular complexity index is 729. The van der Waals surface area contributed by atoms with Crippen LogP contribution in [0.2, 0.25) is 10.0 Å². The molecule has 128 valence electrons. The van der Waals surface area contributed by atoms with Crippen LogP contribution in [0, 0.1) is 0 Å². The maximum Gasteiger partial charge on any atom is 0.338 e. The van der Waals surface area contributed by atoms with E-state index < -0.39 is 12.0 Å². The summed E-state index contributed by atoms with van der Waals surface area (Å²) in [5, 5.41) is 3.56. The smallest absolute Gasteiger partial charge is 0.338 e. The molecule has 5 nitrogen and oxygen atoms in total. The van der Waals surface area contributed by atoms with Gasteiger partial charge in [0.15, 0.2) is 0 Å². The van der Waals surface area contributed by atoms with Gasteiger partial charge in [-0.2, -0.15) is 0 Å². The van der Waals surface area contributed by atoms with Crippen LogP contribution in [0.1, 0.15) is 38.3 Å². The largest absolute Gasteiger partial charge is 0.463 e. The number of benzene rings is 1. The van der Waals surface area contributed by atoms with Crippen LogP contribution in [0.5, 0.6) is 0 Å². The first-order valence-corrected chi connectivity index (χ1v) is 8.62. The number of halogens is 2. The SMILES string of the molecule is CCOC(=O)C1=C(C)N(C2CC2)C(=O)N[C@@H]1c1cccc(Cl)c1Cl. The lowest BCUT2D eigenvalue weighted by atomic mass is 9.94. The molecule has 0 radical (unpaired) electrons. The van der Waals surface area contributed by atoms with E-state index in [-0.39, 0.29) is 18.7 Å². The molecule has 1 atom stereocenters. The minimum absolute atomic E-state index is 0.144. The highest BCUT2D eigenvalue weighted by Crippen LogP contribution is 2.40. The molecule has 1 aliphatic carbocycles. The van der Waals surface area contributed by atoms with E-state index in [4.69, 9.17) is 27.9 Å². The molecule has 0 aromatic heterocycles. The average molecular weight is 369 g/mol. The molecular formula is C17H18Cl2N2O3. The number of carbonyl (C=O) groups is 2. The van der Waals surface area contributed by atoms with Gasteiger partial charge in [-0.15, -0.1) is 0 Å². The Balaban J connectivity index is 2.11. The third kappa shape index (κ3) is 2.98. The van der Waals surface area contributed by atoms with E-state index in [1.165, 1.54) is 0 Å². The number of ether oxygens (including phenoxy) is 1. The lowest BCUT2D eigenvalue weighted by Gasteiger charge is -2.35. The van der Waals surface area contributed by atoms with Gasteiger partial charge in [0.2, 0.25) is 0 Å².